The Morgan fingerprint density at radius 1 is 0.968 bits per heavy atom. The van der Waals surface area contributed by atoms with Crippen LogP contribution < -0.4 is 4.90 Å². The van der Waals surface area contributed by atoms with E-state index in [2.05, 4.69) is 10.00 Å². The highest BCUT2D eigenvalue weighted by atomic mass is 19.1. The average Bonchev–Trinajstić information content (AvgIpc) is 3.52. The smallest absolute Gasteiger partial charge is 0.225 e. The maximum absolute atomic E-state index is 13.4. The molecule has 2 aromatic heterocycles. The predicted molar refractivity (Wildman–Crippen MR) is 115 cm³/mol. The van der Waals surface area contributed by atoms with E-state index >= 15 is 0 Å². The van der Waals surface area contributed by atoms with Crippen molar-refractivity contribution in [2.45, 2.75) is 38.0 Å². The summed E-state index contributed by atoms with van der Waals surface area (Å²) in [5, 5.41) is 5.45. The van der Waals surface area contributed by atoms with Crippen molar-refractivity contribution in [1.29, 1.82) is 0 Å². The number of nitrogens with zero attached hydrogens (tertiary/aromatic N) is 6. The zero-order chi connectivity index (χ0) is 20.9. The number of aromatic nitrogens is 4. The lowest BCUT2D eigenvalue weighted by Gasteiger charge is -2.38. The summed E-state index contributed by atoms with van der Waals surface area (Å²) in [6.07, 6.45) is 7.28. The number of hydrogen-bond acceptors (Lipinski definition) is 5. The van der Waals surface area contributed by atoms with Crippen molar-refractivity contribution in [3.63, 3.8) is 0 Å². The van der Waals surface area contributed by atoms with E-state index in [1.165, 1.54) is 18.6 Å². The fourth-order valence-electron chi connectivity index (χ4n) is 4.50. The molecule has 1 saturated heterocycles. The van der Waals surface area contributed by atoms with Gasteiger partial charge in [-0.1, -0.05) is 6.42 Å². The van der Waals surface area contributed by atoms with Crippen molar-refractivity contribution >= 4 is 22.8 Å². The highest BCUT2D eigenvalue weighted by molar-refractivity contribution is 5.88. The van der Waals surface area contributed by atoms with Crippen molar-refractivity contribution in [3.05, 3.63) is 42.1 Å². The minimum Gasteiger partial charge on any atom is -0.352 e. The molecular weight excluding hydrogens is 395 g/mol. The van der Waals surface area contributed by atoms with Crippen molar-refractivity contribution in [2.24, 2.45) is 5.92 Å². The van der Waals surface area contributed by atoms with E-state index in [1.807, 2.05) is 4.90 Å². The molecule has 3 aliphatic rings. The molecule has 1 aliphatic heterocycles. The van der Waals surface area contributed by atoms with Crippen LogP contribution in [0.2, 0.25) is 0 Å². The molecule has 0 atom stereocenters. The largest absolute Gasteiger partial charge is 0.352 e. The standard InChI is InChI=1S/C23H25FN6O/c24-17-6-8-18(9-7-17)30-22-19(14-25-30)21(26-20(27-22)15-4-5-15)28-10-12-29(13-11-28)23(31)16-2-1-3-16/h6-9,14-16H,1-5,10-13H2. The third kappa shape index (κ3) is 3.34. The molecule has 1 aromatic carbocycles. The van der Waals surface area contributed by atoms with Gasteiger partial charge in [0, 0.05) is 38.0 Å². The molecule has 0 unspecified atom stereocenters. The Morgan fingerprint density at radius 2 is 1.71 bits per heavy atom. The van der Waals surface area contributed by atoms with E-state index in [9.17, 15) is 9.18 Å². The zero-order valence-corrected chi connectivity index (χ0v) is 17.4. The Hall–Kier alpha value is -3.03. The van der Waals surface area contributed by atoms with Crippen molar-refractivity contribution in [2.75, 3.05) is 31.1 Å². The zero-order valence-electron chi connectivity index (χ0n) is 17.4. The number of amides is 1. The first-order valence-corrected chi connectivity index (χ1v) is 11.2. The Morgan fingerprint density at radius 3 is 2.35 bits per heavy atom. The molecule has 31 heavy (non-hydrogen) atoms. The SMILES string of the molecule is O=C(C1CCC1)N1CCN(c2nc(C3CC3)nc3c2cnn3-c2ccc(F)cc2)CC1. The quantitative estimate of drug-likeness (QED) is 0.648. The second kappa shape index (κ2) is 7.28. The summed E-state index contributed by atoms with van der Waals surface area (Å²) in [5.41, 5.74) is 1.53. The molecule has 3 aromatic rings. The minimum atomic E-state index is -0.275. The van der Waals surface area contributed by atoms with E-state index in [1.54, 1.807) is 23.0 Å². The Labute approximate surface area is 179 Å². The topological polar surface area (TPSA) is 67.2 Å². The van der Waals surface area contributed by atoms with Crippen LogP contribution in [0.25, 0.3) is 16.7 Å². The summed E-state index contributed by atoms with van der Waals surface area (Å²) in [5.74, 6) is 2.45. The second-order valence-corrected chi connectivity index (χ2v) is 8.89. The van der Waals surface area contributed by atoms with Gasteiger partial charge in [0.2, 0.25) is 5.91 Å². The summed E-state index contributed by atoms with van der Waals surface area (Å²) in [6, 6.07) is 6.30. The molecule has 0 radical (unpaired) electrons. The fourth-order valence-corrected chi connectivity index (χ4v) is 4.50. The number of fused-ring (bicyclic) bond motifs is 1. The molecule has 1 amide bonds. The number of hydrogen-bond donors (Lipinski definition) is 0. The van der Waals surface area contributed by atoms with Crippen molar-refractivity contribution < 1.29 is 9.18 Å². The first-order valence-electron chi connectivity index (χ1n) is 11.2. The van der Waals surface area contributed by atoms with Crippen LogP contribution in [0.1, 0.15) is 43.8 Å². The van der Waals surface area contributed by atoms with Gasteiger partial charge in [-0.3, -0.25) is 4.79 Å². The molecule has 2 aliphatic carbocycles. The maximum atomic E-state index is 13.4. The van der Waals surface area contributed by atoms with E-state index in [-0.39, 0.29) is 11.7 Å². The van der Waals surface area contributed by atoms with Crippen LogP contribution in [-0.4, -0.2) is 56.7 Å². The van der Waals surface area contributed by atoms with Gasteiger partial charge in [-0.05, 0) is 49.9 Å². The Bertz CT molecular complexity index is 1130. The van der Waals surface area contributed by atoms with Gasteiger partial charge in [0.25, 0.3) is 0 Å². The normalized spacial score (nSPS) is 19.6. The van der Waals surface area contributed by atoms with Gasteiger partial charge in [0.1, 0.15) is 17.5 Å². The number of carbonyl (C=O) groups is 1. The van der Waals surface area contributed by atoms with E-state index < -0.39 is 0 Å². The molecule has 2 saturated carbocycles. The summed E-state index contributed by atoms with van der Waals surface area (Å²) in [7, 11) is 0. The number of benzene rings is 1. The van der Waals surface area contributed by atoms with Crippen LogP contribution in [0.5, 0.6) is 0 Å². The highest BCUT2D eigenvalue weighted by Crippen LogP contribution is 2.40. The molecule has 3 heterocycles. The first-order chi connectivity index (χ1) is 15.2. The average molecular weight is 420 g/mol. The predicted octanol–water partition coefficient (Wildman–Crippen LogP) is 3.28. The maximum Gasteiger partial charge on any atom is 0.225 e. The molecular formula is C23H25FN6O. The lowest BCUT2D eigenvalue weighted by molar-refractivity contribution is -0.138. The monoisotopic (exact) mass is 420 g/mol. The highest BCUT2D eigenvalue weighted by Gasteiger charge is 2.33. The molecule has 6 rings (SSSR count). The minimum absolute atomic E-state index is 0.243. The third-order valence-electron chi connectivity index (χ3n) is 6.78. The van der Waals surface area contributed by atoms with Crippen LogP contribution in [0, 0.1) is 11.7 Å². The molecule has 7 nitrogen and oxygen atoms in total. The molecule has 0 N–H and O–H groups in total. The summed E-state index contributed by atoms with van der Waals surface area (Å²) in [4.78, 5) is 26.7. The van der Waals surface area contributed by atoms with E-state index in [0.717, 1.165) is 80.2 Å². The molecule has 0 spiro atoms. The molecule has 0 bridgehead atoms. The number of piperazine rings is 1. The number of rotatable bonds is 4. The van der Waals surface area contributed by atoms with Gasteiger partial charge in [-0.15, -0.1) is 0 Å². The van der Waals surface area contributed by atoms with Gasteiger partial charge < -0.3 is 9.80 Å². The van der Waals surface area contributed by atoms with Gasteiger partial charge in [0.05, 0.1) is 17.3 Å². The van der Waals surface area contributed by atoms with Gasteiger partial charge in [0.15, 0.2) is 5.65 Å². The van der Waals surface area contributed by atoms with Crippen LogP contribution in [0.4, 0.5) is 10.2 Å². The van der Waals surface area contributed by atoms with Crippen LogP contribution >= 0.6 is 0 Å². The van der Waals surface area contributed by atoms with E-state index in [4.69, 9.17) is 9.97 Å². The molecule has 160 valence electrons. The van der Waals surface area contributed by atoms with Crippen LogP contribution in [0.3, 0.4) is 0 Å². The number of halogens is 1. The summed E-state index contributed by atoms with van der Waals surface area (Å²) in [6.45, 7) is 2.98. The Kier molecular flexibility index (Phi) is 4.40. The van der Waals surface area contributed by atoms with Crippen LogP contribution in [-0.2, 0) is 4.79 Å². The van der Waals surface area contributed by atoms with Crippen molar-refractivity contribution in [1.82, 2.24) is 24.6 Å². The molecule has 8 heteroatoms. The van der Waals surface area contributed by atoms with Gasteiger partial charge in [-0.25, -0.2) is 19.0 Å². The Balaban J connectivity index is 1.32. The van der Waals surface area contributed by atoms with E-state index in [0.29, 0.717) is 11.8 Å². The molecule has 3 fully saturated rings. The fraction of sp³-hybridized carbons (Fsp3) is 0.478. The van der Waals surface area contributed by atoms with Crippen LogP contribution in [0.15, 0.2) is 30.5 Å². The summed E-state index contributed by atoms with van der Waals surface area (Å²) < 4.78 is 15.2. The second-order valence-electron chi connectivity index (χ2n) is 8.89. The number of anilines is 1. The van der Waals surface area contributed by atoms with Gasteiger partial charge in [-0.2, -0.15) is 5.10 Å². The van der Waals surface area contributed by atoms with Gasteiger partial charge >= 0.3 is 0 Å². The third-order valence-corrected chi connectivity index (χ3v) is 6.78. The lowest BCUT2D eigenvalue weighted by atomic mass is 9.84. The lowest BCUT2D eigenvalue weighted by Crippen LogP contribution is -2.51. The first kappa shape index (κ1) is 18.7. The van der Waals surface area contributed by atoms with Crippen molar-refractivity contribution in [3.8, 4) is 5.69 Å². The summed E-state index contributed by atoms with van der Waals surface area (Å²) >= 11 is 0. The number of carbonyl (C=O) groups excluding carboxylic acids is 1.